The Balaban J connectivity index is 2.64. The van der Waals surface area contributed by atoms with Crippen LogP contribution in [0.4, 0.5) is 0 Å². The summed E-state index contributed by atoms with van der Waals surface area (Å²) >= 11 is 0. The predicted molar refractivity (Wildman–Crippen MR) is 86.3 cm³/mol. The molecule has 1 saturated heterocycles. The van der Waals surface area contributed by atoms with Gasteiger partial charge in [0.25, 0.3) is 0 Å². The van der Waals surface area contributed by atoms with E-state index in [-0.39, 0.29) is 6.10 Å². The van der Waals surface area contributed by atoms with Crippen molar-refractivity contribution in [3.8, 4) is 0 Å². The molecule has 0 aromatic rings. The Morgan fingerprint density at radius 2 is 1.90 bits per heavy atom. The summed E-state index contributed by atoms with van der Waals surface area (Å²) in [6.45, 7) is 10.9. The van der Waals surface area contributed by atoms with Crippen LogP contribution in [0.3, 0.4) is 0 Å². The number of rotatable bonds is 6. The molecule has 0 amide bonds. The summed E-state index contributed by atoms with van der Waals surface area (Å²) in [6, 6.07) is 0.327. The highest BCUT2D eigenvalue weighted by Crippen LogP contribution is 2.21. The fraction of sp³-hybridized carbons (Fsp3) is 0.765. The highest BCUT2D eigenvalue weighted by molar-refractivity contribution is 5.24. The maximum Gasteiger partial charge on any atom is 0.0564 e. The van der Waals surface area contributed by atoms with Crippen molar-refractivity contribution >= 4 is 0 Å². The third-order valence-corrected chi connectivity index (χ3v) is 4.59. The lowest BCUT2D eigenvalue weighted by atomic mass is 9.91. The van der Waals surface area contributed by atoms with Crippen molar-refractivity contribution in [1.29, 1.82) is 0 Å². The van der Waals surface area contributed by atoms with Crippen LogP contribution in [0.15, 0.2) is 23.9 Å². The topological polar surface area (TPSA) is 49.5 Å². The molecule has 1 fully saturated rings. The van der Waals surface area contributed by atoms with Gasteiger partial charge in [-0.25, -0.2) is 0 Å². The van der Waals surface area contributed by atoms with Gasteiger partial charge < -0.3 is 10.8 Å². The minimum Gasteiger partial charge on any atom is -0.404 e. The predicted octanol–water partition coefficient (Wildman–Crippen LogP) is 2.91. The van der Waals surface area contributed by atoms with E-state index in [1.54, 1.807) is 6.20 Å². The van der Waals surface area contributed by atoms with Crippen molar-refractivity contribution < 1.29 is 5.11 Å². The molecule has 0 radical (unpaired) electrons. The van der Waals surface area contributed by atoms with E-state index in [4.69, 9.17) is 5.73 Å². The molecule has 0 aromatic carbocycles. The monoisotopic (exact) mass is 280 g/mol. The highest BCUT2D eigenvalue weighted by atomic mass is 16.3. The number of allylic oxidation sites excluding steroid dienone is 1. The Bertz CT molecular complexity index is 328. The lowest BCUT2D eigenvalue weighted by Gasteiger charge is -2.35. The maximum absolute atomic E-state index is 9.59. The summed E-state index contributed by atoms with van der Waals surface area (Å²) in [5, 5.41) is 9.59. The second kappa shape index (κ2) is 8.48. The Kier molecular flexibility index (Phi) is 7.31. The Morgan fingerprint density at radius 1 is 1.30 bits per heavy atom. The molecule has 0 spiro atoms. The van der Waals surface area contributed by atoms with Gasteiger partial charge in [-0.3, -0.25) is 4.90 Å². The fourth-order valence-electron chi connectivity index (χ4n) is 2.88. The summed E-state index contributed by atoms with van der Waals surface area (Å²) in [5.41, 5.74) is 7.00. The number of nitrogens with zero attached hydrogens (tertiary/aromatic N) is 1. The average Bonchev–Trinajstić information content (AvgIpc) is 2.43. The van der Waals surface area contributed by atoms with Crippen LogP contribution >= 0.6 is 0 Å². The SMILES string of the molecule is CCC(/C=C\C(=C/N)C(C)N1CCC(O)CC1)C(C)C. The Labute approximate surface area is 124 Å². The molecular weight excluding hydrogens is 248 g/mol. The van der Waals surface area contributed by atoms with Crippen LogP contribution in [0.2, 0.25) is 0 Å². The average molecular weight is 280 g/mol. The summed E-state index contributed by atoms with van der Waals surface area (Å²) in [4.78, 5) is 2.41. The fourth-order valence-corrected chi connectivity index (χ4v) is 2.88. The van der Waals surface area contributed by atoms with Gasteiger partial charge in [0, 0.05) is 19.1 Å². The van der Waals surface area contributed by atoms with E-state index in [0.29, 0.717) is 17.9 Å². The smallest absolute Gasteiger partial charge is 0.0564 e. The van der Waals surface area contributed by atoms with Gasteiger partial charge in [0.1, 0.15) is 0 Å². The van der Waals surface area contributed by atoms with Gasteiger partial charge in [0.2, 0.25) is 0 Å². The largest absolute Gasteiger partial charge is 0.404 e. The Morgan fingerprint density at radius 3 is 2.35 bits per heavy atom. The minimum atomic E-state index is -0.121. The maximum atomic E-state index is 9.59. The van der Waals surface area contributed by atoms with Gasteiger partial charge in [0.15, 0.2) is 0 Å². The Hall–Kier alpha value is -0.800. The van der Waals surface area contributed by atoms with E-state index < -0.39 is 0 Å². The molecule has 3 heteroatoms. The molecule has 3 N–H and O–H groups in total. The van der Waals surface area contributed by atoms with E-state index in [1.807, 2.05) is 0 Å². The molecule has 0 bridgehead atoms. The van der Waals surface area contributed by atoms with Crippen LogP contribution in [0.5, 0.6) is 0 Å². The standard InChI is InChI=1S/C17H32N2O/c1-5-15(13(2)3)6-7-16(12-18)14(4)19-10-8-17(20)9-11-19/h6-7,12-15,17,20H,5,8-11,18H2,1-4H3/b7-6-,16-12+. The molecule has 0 aliphatic carbocycles. The molecule has 1 heterocycles. The van der Waals surface area contributed by atoms with Crippen molar-refractivity contribution in [1.82, 2.24) is 4.90 Å². The van der Waals surface area contributed by atoms with E-state index >= 15 is 0 Å². The number of likely N-dealkylation sites (tertiary alicyclic amines) is 1. The number of hydrogen-bond acceptors (Lipinski definition) is 3. The minimum absolute atomic E-state index is 0.121. The quantitative estimate of drug-likeness (QED) is 0.736. The highest BCUT2D eigenvalue weighted by Gasteiger charge is 2.22. The molecule has 20 heavy (non-hydrogen) atoms. The van der Waals surface area contributed by atoms with Crippen LogP contribution < -0.4 is 5.73 Å². The van der Waals surface area contributed by atoms with Crippen molar-refractivity contribution in [2.45, 2.75) is 59.1 Å². The zero-order valence-corrected chi connectivity index (χ0v) is 13.5. The molecule has 0 saturated carbocycles. The van der Waals surface area contributed by atoms with E-state index in [9.17, 15) is 5.11 Å². The summed E-state index contributed by atoms with van der Waals surface area (Å²) in [6.07, 6.45) is 9.02. The van der Waals surface area contributed by atoms with Crippen LogP contribution in [-0.4, -0.2) is 35.2 Å². The van der Waals surface area contributed by atoms with Gasteiger partial charge >= 0.3 is 0 Å². The third kappa shape index (κ3) is 4.95. The van der Waals surface area contributed by atoms with Gasteiger partial charge in [-0.05, 0) is 49.8 Å². The molecular formula is C17H32N2O. The second-order valence-electron chi connectivity index (χ2n) is 6.29. The van der Waals surface area contributed by atoms with Crippen molar-refractivity contribution in [2.75, 3.05) is 13.1 Å². The third-order valence-electron chi connectivity index (χ3n) is 4.59. The van der Waals surface area contributed by atoms with Crippen molar-refractivity contribution in [3.05, 3.63) is 23.9 Å². The van der Waals surface area contributed by atoms with Crippen LogP contribution in [-0.2, 0) is 0 Å². The normalized spacial score (nSPS) is 22.6. The van der Waals surface area contributed by atoms with Crippen LogP contribution in [0.1, 0.15) is 47.0 Å². The van der Waals surface area contributed by atoms with E-state index in [0.717, 1.165) is 32.4 Å². The van der Waals surface area contributed by atoms with E-state index in [2.05, 4.69) is 44.7 Å². The molecule has 1 aliphatic rings. The second-order valence-corrected chi connectivity index (χ2v) is 6.29. The first kappa shape index (κ1) is 17.3. The first-order valence-electron chi connectivity index (χ1n) is 8.01. The molecule has 2 atom stereocenters. The van der Waals surface area contributed by atoms with Gasteiger partial charge in [-0.1, -0.05) is 32.9 Å². The zero-order valence-electron chi connectivity index (χ0n) is 13.5. The van der Waals surface area contributed by atoms with Gasteiger partial charge in [0.05, 0.1) is 6.10 Å². The molecule has 1 aliphatic heterocycles. The first-order valence-corrected chi connectivity index (χ1v) is 8.01. The number of hydrogen-bond donors (Lipinski definition) is 2. The van der Waals surface area contributed by atoms with Crippen molar-refractivity contribution in [2.24, 2.45) is 17.6 Å². The molecule has 3 nitrogen and oxygen atoms in total. The molecule has 0 aromatic heterocycles. The molecule has 2 unspecified atom stereocenters. The summed E-state index contributed by atoms with van der Waals surface area (Å²) in [5.74, 6) is 1.27. The van der Waals surface area contributed by atoms with Crippen LogP contribution in [0.25, 0.3) is 0 Å². The van der Waals surface area contributed by atoms with Gasteiger partial charge in [-0.2, -0.15) is 0 Å². The number of aliphatic hydroxyl groups is 1. The lowest BCUT2D eigenvalue weighted by Crippen LogP contribution is -2.42. The number of piperidine rings is 1. The lowest BCUT2D eigenvalue weighted by molar-refractivity contribution is 0.0722. The number of nitrogens with two attached hydrogens (primary N) is 1. The van der Waals surface area contributed by atoms with Crippen molar-refractivity contribution in [3.63, 3.8) is 0 Å². The van der Waals surface area contributed by atoms with Crippen LogP contribution in [0, 0.1) is 11.8 Å². The number of aliphatic hydroxyl groups excluding tert-OH is 1. The molecule has 1 rings (SSSR count). The van der Waals surface area contributed by atoms with Gasteiger partial charge in [-0.15, -0.1) is 0 Å². The summed E-state index contributed by atoms with van der Waals surface area (Å²) in [7, 11) is 0. The first-order chi connectivity index (χ1) is 9.49. The zero-order chi connectivity index (χ0) is 15.1. The molecule has 116 valence electrons. The van der Waals surface area contributed by atoms with E-state index in [1.165, 1.54) is 5.57 Å². The summed E-state index contributed by atoms with van der Waals surface area (Å²) < 4.78 is 0.